The summed E-state index contributed by atoms with van der Waals surface area (Å²) in [6, 6.07) is 24.1. The first-order chi connectivity index (χ1) is 18.5. The molecule has 1 heterocycles. The van der Waals surface area contributed by atoms with Crippen molar-refractivity contribution in [3.05, 3.63) is 94.8 Å². The lowest BCUT2D eigenvalue weighted by molar-refractivity contribution is -0.120. The second-order valence-corrected chi connectivity index (χ2v) is 10.4. The molecule has 0 spiro atoms. The number of nitrogens with one attached hydrogen (secondary N) is 1. The molecule has 1 amide bonds. The van der Waals surface area contributed by atoms with Crippen LogP contribution in [0.4, 0.5) is 0 Å². The van der Waals surface area contributed by atoms with Crippen LogP contribution in [0.1, 0.15) is 62.4 Å². The standard InChI is InChI=1S/C32H38ClN3O2/c1-24(2)26-14-6-10-18-30(26)38-22-12-21-36-29-17-9-8-16-28(29)35-31(36)19-4-3-11-20-34-32(37)23-25-13-5-7-15-27(25)33/h5-10,13-18,24H,3-4,11-12,19-23H2,1-2H3,(H,34,37). The molecular weight excluding hydrogens is 494 g/mol. The van der Waals surface area contributed by atoms with E-state index < -0.39 is 0 Å². The van der Waals surface area contributed by atoms with E-state index in [1.807, 2.05) is 36.4 Å². The second kappa shape index (κ2) is 14.0. The Balaban J connectivity index is 1.24. The summed E-state index contributed by atoms with van der Waals surface area (Å²) in [4.78, 5) is 17.2. The highest BCUT2D eigenvalue weighted by Crippen LogP contribution is 2.26. The van der Waals surface area contributed by atoms with Crippen LogP contribution in [-0.4, -0.2) is 28.6 Å². The number of halogens is 1. The number of carbonyl (C=O) groups excluding carboxylic acids is 1. The summed E-state index contributed by atoms with van der Waals surface area (Å²) in [7, 11) is 0. The van der Waals surface area contributed by atoms with Crippen LogP contribution in [0, 0.1) is 0 Å². The van der Waals surface area contributed by atoms with Gasteiger partial charge in [0.15, 0.2) is 0 Å². The van der Waals surface area contributed by atoms with Gasteiger partial charge in [0, 0.05) is 24.5 Å². The molecule has 1 N–H and O–H groups in total. The Morgan fingerprint density at radius 3 is 2.55 bits per heavy atom. The number of unbranched alkanes of at least 4 members (excludes halogenated alkanes) is 2. The van der Waals surface area contributed by atoms with Crippen LogP contribution in [0.3, 0.4) is 0 Å². The van der Waals surface area contributed by atoms with Gasteiger partial charge in [-0.05, 0) is 60.6 Å². The molecule has 38 heavy (non-hydrogen) atoms. The number of carbonyl (C=O) groups is 1. The van der Waals surface area contributed by atoms with Gasteiger partial charge in [-0.25, -0.2) is 4.98 Å². The van der Waals surface area contributed by atoms with Crippen LogP contribution in [0.25, 0.3) is 11.0 Å². The van der Waals surface area contributed by atoms with Crippen molar-refractivity contribution in [2.45, 2.75) is 64.8 Å². The maximum absolute atomic E-state index is 12.2. The third-order valence-electron chi connectivity index (χ3n) is 6.77. The second-order valence-electron chi connectivity index (χ2n) is 9.99. The normalized spacial score (nSPS) is 11.3. The molecule has 0 bridgehead atoms. The van der Waals surface area contributed by atoms with Crippen LogP contribution < -0.4 is 10.1 Å². The van der Waals surface area contributed by atoms with Gasteiger partial charge in [-0.1, -0.05) is 80.4 Å². The number of para-hydroxylation sites is 3. The Morgan fingerprint density at radius 2 is 1.71 bits per heavy atom. The molecule has 4 rings (SSSR count). The Hall–Kier alpha value is -3.31. The number of imidazole rings is 1. The molecule has 4 aromatic rings. The van der Waals surface area contributed by atoms with Crippen LogP contribution in [-0.2, 0) is 24.2 Å². The van der Waals surface area contributed by atoms with Gasteiger partial charge in [-0.2, -0.15) is 0 Å². The number of hydrogen-bond donors (Lipinski definition) is 1. The van der Waals surface area contributed by atoms with Gasteiger partial charge in [0.1, 0.15) is 11.6 Å². The van der Waals surface area contributed by atoms with Gasteiger partial charge in [0.2, 0.25) is 5.91 Å². The largest absolute Gasteiger partial charge is 0.493 e. The van der Waals surface area contributed by atoms with E-state index in [1.165, 1.54) is 11.1 Å². The first-order valence-electron chi connectivity index (χ1n) is 13.7. The summed E-state index contributed by atoms with van der Waals surface area (Å²) < 4.78 is 8.51. The van der Waals surface area contributed by atoms with Crippen LogP contribution in [0.15, 0.2) is 72.8 Å². The van der Waals surface area contributed by atoms with E-state index >= 15 is 0 Å². The number of ether oxygens (including phenoxy) is 1. The molecular formula is C32H38ClN3O2. The molecule has 0 fully saturated rings. The fraction of sp³-hybridized carbons (Fsp3) is 0.375. The van der Waals surface area contributed by atoms with Gasteiger partial charge in [-0.15, -0.1) is 0 Å². The van der Waals surface area contributed by atoms with Gasteiger partial charge in [0.25, 0.3) is 0 Å². The van der Waals surface area contributed by atoms with Crippen molar-refractivity contribution in [2.24, 2.45) is 0 Å². The molecule has 0 aliphatic heterocycles. The monoisotopic (exact) mass is 531 g/mol. The molecule has 3 aromatic carbocycles. The van der Waals surface area contributed by atoms with E-state index in [0.29, 0.717) is 30.5 Å². The van der Waals surface area contributed by atoms with Crippen molar-refractivity contribution >= 4 is 28.5 Å². The highest BCUT2D eigenvalue weighted by Gasteiger charge is 2.11. The molecule has 0 saturated heterocycles. The molecule has 0 atom stereocenters. The van der Waals surface area contributed by atoms with Crippen molar-refractivity contribution in [3.8, 4) is 5.75 Å². The highest BCUT2D eigenvalue weighted by atomic mass is 35.5. The van der Waals surface area contributed by atoms with E-state index in [1.54, 1.807) is 0 Å². The third kappa shape index (κ3) is 7.61. The zero-order chi connectivity index (χ0) is 26.7. The number of nitrogens with zero attached hydrogens (tertiary/aromatic N) is 2. The zero-order valence-corrected chi connectivity index (χ0v) is 23.2. The maximum atomic E-state index is 12.2. The summed E-state index contributed by atoms with van der Waals surface area (Å²) in [6.07, 6.45) is 5.15. The van der Waals surface area contributed by atoms with E-state index in [4.69, 9.17) is 21.3 Å². The van der Waals surface area contributed by atoms with Crippen molar-refractivity contribution in [1.29, 1.82) is 0 Å². The molecule has 1 aromatic heterocycles. The summed E-state index contributed by atoms with van der Waals surface area (Å²) in [6.45, 7) is 6.61. The summed E-state index contributed by atoms with van der Waals surface area (Å²) >= 11 is 6.16. The molecule has 6 heteroatoms. The average Bonchev–Trinajstić information content (AvgIpc) is 3.27. The van der Waals surface area contributed by atoms with E-state index in [0.717, 1.165) is 61.3 Å². The van der Waals surface area contributed by atoms with E-state index in [-0.39, 0.29) is 5.91 Å². The van der Waals surface area contributed by atoms with E-state index in [9.17, 15) is 4.79 Å². The predicted octanol–water partition coefficient (Wildman–Crippen LogP) is 7.35. The van der Waals surface area contributed by atoms with Gasteiger partial charge >= 0.3 is 0 Å². The number of aromatic nitrogens is 2. The first-order valence-corrected chi connectivity index (χ1v) is 14.1. The van der Waals surface area contributed by atoms with Gasteiger partial charge in [-0.3, -0.25) is 4.79 Å². The minimum atomic E-state index is 0.0122. The predicted molar refractivity (Wildman–Crippen MR) is 156 cm³/mol. The summed E-state index contributed by atoms with van der Waals surface area (Å²) in [5, 5.41) is 3.65. The molecule has 0 aliphatic carbocycles. The first kappa shape index (κ1) is 27.7. The van der Waals surface area contributed by atoms with Crippen LogP contribution >= 0.6 is 11.6 Å². The fourth-order valence-corrected chi connectivity index (χ4v) is 4.95. The van der Waals surface area contributed by atoms with Crippen molar-refractivity contribution in [3.63, 3.8) is 0 Å². The number of benzene rings is 3. The lowest BCUT2D eigenvalue weighted by Crippen LogP contribution is -2.26. The van der Waals surface area contributed by atoms with Crippen molar-refractivity contribution in [1.82, 2.24) is 14.9 Å². The minimum absolute atomic E-state index is 0.0122. The van der Waals surface area contributed by atoms with Crippen molar-refractivity contribution < 1.29 is 9.53 Å². The highest BCUT2D eigenvalue weighted by molar-refractivity contribution is 6.31. The van der Waals surface area contributed by atoms with Gasteiger partial charge in [0.05, 0.1) is 24.1 Å². The number of amides is 1. The summed E-state index contributed by atoms with van der Waals surface area (Å²) in [5.74, 6) is 2.55. The van der Waals surface area contributed by atoms with Crippen molar-refractivity contribution in [2.75, 3.05) is 13.2 Å². The molecule has 200 valence electrons. The lowest BCUT2D eigenvalue weighted by atomic mass is 10.0. The third-order valence-corrected chi connectivity index (χ3v) is 7.14. The fourth-order valence-electron chi connectivity index (χ4n) is 4.75. The SMILES string of the molecule is CC(C)c1ccccc1OCCCn1c(CCCCCNC(=O)Cc2ccccc2Cl)nc2ccccc21. The van der Waals surface area contributed by atoms with Crippen LogP contribution in [0.2, 0.25) is 5.02 Å². The molecule has 5 nitrogen and oxygen atoms in total. The van der Waals surface area contributed by atoms with E-state index in [2.05, 4.69) is 60.1 Å². The quantitative estimate of drug-likeness (QED) is 0.173. The molecule has 0 unspecified atom stereocenters. The maximum Gasteiger partial charge on any atom is 0.224 e. The topological polar surface area (TPSA) is 56.1 Å². The Kier molecular flexibility index (Phi) is 10.2. The average molecular weight is 532 g/mol. The Bertz CT molecular complexity index is 1330. The van der Waals surface area contributed by atoms with Crippen LogP contribution in [0.5, 0.6) is 5.75 Å². The lowest BCUT2D eigenvalue weighted by Gasteiger charge is -2.14. The summed E-state index contributed by atoms with van der Waals surface area (Å²) in [5.41, 5.74) is 4.33. The number of rotatable bonds is 14. The molecule has 0 saturated carbocycles. The number of aryl methyl sites for hydroxylation is 2. The number of fused-ring (bicyclic) bond motifs is 1. The Labute approximate surface area is 231 Å². The minimum Gasteiger partial charge on any atom is -0.493 e. The Morgan fingerprint density at radius 1 is 0.947 bits per heavy atom. The smallest absolute Gasteiger partial charge is 0.224 e. The molecule has 0 aliphatic rings. The number of hydrogen-bond acceptors (Lipinski definition) is 3. The van der Waals surface area contributed by atoms with Gasteiger partial charge < -0.3 is 14.6 Å². The molecule has 0 radical (unpaired) electrons. The zero-order valence-electron chi connectivity index (χ0n) is 22.5.